The predicted molar refractivity (Wildman–Crippen MR) is 123 cm³/mol. The number of carbonyl (C=O) groups is 1. The zero-order chi connectivity index (χ0) is 21.7. The number of carboxylic acids is 1. The Morgan fingerprint density at radius 1 is 0.967 bits per heavy atom. The number of allylic oxidation sites excluding steroid dienone is 2. The highest BCUT2D eigenvalue weighted by molar-refractivity contribution is 5.67. The highest BCUT2D eigenvalue weighted by atomic mass is 16.4. The zero-order valence-electron chi connectivity index (χ0n) is 19.7. The van der Waals surface area contributed by atoms with Crippen LogP contribution in [0, 0.1) is 47.3 Å². The SMILES string of the molecule is CC(C)CCCC(C)C1CCC2C1CCC1C3CCCCC3=CCC12.O=C(O)CO. The topological polar surface area (TPSA) is 57.5 Å². The Morgan fingerprint density at radius 3 is 2.37 bits per heavy atom. The number of hydrogen-bond acceptors (Lipinski definition) is 2. The second-order valence-electron chi connectivity index (χ2n) is 11.2. The summed E-state index contributed by atoms with van der Waals surface area (Å²) in [7, 11) is 0. The molecule has 0 aliphatic heterocycles. The van der Waals surface area contributed by atoms with Crippen molar-refractivity contribution in [2.45, 2.75) is 97.8 Å². The lowest BCUT2D eigenvalue weighted by molar-refractivity contribution is -0.140. The minimum Gasteiger partial charge on any atom is -0.480 e. The van der Waals surface area contributed by atoms with Crippen molar-refractivity contribution < 1.29 is 15.0 Å². The van der Waals surface area contributed by atoms with Crippen LogP contribution in [-0.2, 0) is 4.79 Å². The van der Waals surface area contributed by atoms with Crippen molar-refractivity contribution in [3.8, 4) is 0 Å². The largest absolute Gasteiger partial charge is 0.480 e. The third kappa shape index (κ3) is 5.69. The van der Waals surface area contributed by atoms with Crippen LogP contribution in [0.4, 0.5) is 0 Å². The average molecular weight is 419 g/mol. The molecular formula is C27H46O3. The summed E-state index contributed by atoms with van der Waals surface area (Å²) in [5.41, 5.74) is 1.89. The second-order valence-corrected chi connectivity index (χ2v) is 11.2. The first-order valence-electron chi connectivity index (χ1n) is 12.9. The molecule has 3 fully saturated rings. The molecule has 0 radical (unpaired) electrons. The molecular weight excluding hydrogens is 372 g/mol. The van der Waals surface area contributed by atoms with Crippen molar-refractivity contribution in [3.63, 3.8) is 0 Å². The van der Waals surface area contributed by atoms with Crippen molar-refractivity contribution in [3.05, 3.63) is 11.6 Å². The lowest BCUT2D eigenvalue weighted by atomic mass is 9.56. The molecule has 4 aliphatic carbocycles. The van der Waals surface area contributed by atoms with E-state index in [9.17, 15) is 0 Å². The van der Waals surface area contributed by atoms with Gasteiger partial charge in [0.05, 0.1) is 0 Å². The van der Waals surface area contributed by atoms with Gasteiger partial charge in [0.15, 0.2) is 0 Å². The first-order valence-corrected chi connectivity index (χ1v) is 12.9. The fourth-order valence-corrected chi connectivity index (χ4v) is 7.72. The van der Waals surface area contributed by atoms with Gasteiger partial charge in [0, 0.05) is 0 Å². The number of aliphatic hydroxyl groups excluding tert-OH is 1. The number of carboxylic acid groups (broad SMARTS) is 1. The van der Waals surface area contributed by atoms with Crippen molar-refractivity contribution in [2.75, 3.05) is 6.61 Å². The molecule has 30 heavy (non-hydrogen) atoms. The van der Waals surface area contributed by atoms with E-state index in [1.54, 1.807) is 25.7 Å². The van der Waals surface area contributed by atoms with Crippen LogP contribution in [0.25, 0.3) is 0 Å². The Hall–Kier alpha value is -0.830. The molecule has 0 aromatic carbocycles. The van der Waals surface area contributed by atoms with E-state index in [4.69, 9.17) is 15.0 Å². The summed E-state index contributed by atoms with van der Waals surface area (Å²) < 4.78 is 0. The number of aliphatic carboxylic acids is 1. The number of rotatable bonds is 6. The Bertz CT molecular complexity index is 581. The van der Waals surface area contributed by atoms with E-state index in [0.29, 0.717) is 0 Å². The summed E-state index contributed by atoms with van der Waals surface area (Å²) in [6.45, 7) is 6.58. The van der Waals surface area contributed by atoms with E-state index >= 15 is 0 Å². The zero-order valence-corrected chi connectivity index (χ0v) is 19.7. The standard InChI is InChI=1S/C25H42.C2H4O3/c1-17(2)7-6-8-18(3)20-13-14-25-22(20)15-16-23-21-10-5-4-9-19(21)11-12-24(23)25;3-1-2(4)5/h11,17-18,20-25H,4-10,12-16H2,1-3H3;3H,1H2,(H,4,5). The van der Waals surface area contributed by atoms with Crippen LogP contribution in [0.5, 0.6) is 0 Å². The van der Waals surface area contributed by atoms with E-state index in [-0.39, 0.29) is 0 Å². The Labute approximate surface area is 184 Å². The Morgan fingerprint density at radius 2 is 1.67 bits per heavy atom. The Balaban J connectivity index is 0.000000461. The molecule has 7 atom stereocenters. The quantitative estimate of drug-likeness (QED) is 0.472. The van der Waals surface area contributed by atoms with Gasteiger partial charge in [-0.05, 0) is 98.7 Å². The van der Waals surface area contributed by atoms with Crippen molar-refractivity contribution >= 4 is 5.97 Å². The molecule has 3 heteroatoms. The molecule has 2 N–H and O–H groups in total. The average Bonchev–Trinajstić information content (AvgIpc) is 3.18. The van der Waals surface area contributed by atoms with Crippen LogP contribution in [0.2, 0.25) is 0 Å². The summed E-state index contributed by atoms with van der Waals surface area (Å²) in [4.78, 5) is 9.12. The molecule has 3 saturated carbocycles. The summed E-state index contributed by atoms with van der Waals surface area (Å²) in [5.74, 6) is 7.09. The van der Waals surface area contributed by atoms with Gasteiger partial charge in [-0.25, -0.2) is 4.79 Å². The van der Waals surface area contributed by atoms with E-state index < -0.39 is 12.6 Å². The second kappa shape index (κ2) is 11.2. The van der Waals surface area contributed by atoms with Gasteiger partial charge in [0.2, 0.25) is 0 Å². The molecule has 0 saturated heterocycles. The molecule has 4 rings (SSSR count). The van der Waals surface area contributed by atoms with Gasteiger partial charge in [0.25, 0.3) is 0 Å². The molecule has 0 aromatic rings. The maximum absolute atomic E-state index is 9.12. The van der Waals surface area contributed by atoms with Gasteiger partial charge in [0.1, 0.15) is 6.61 Å². The van der Waals surface area contributed by atoms with E-state index in [0.717, 1.165) is 47.3 Å². The van der Waals surface area contributed by atoms with Gasteiger partial charge < -0.3 is 10.2 Å². The molecule has 0 amide bonds. The lowest BCUT2D eigenvalue weighted by Crippen LogP contribution is -2.41. The smallest absolute Gasteiger partial charge is 0.329 e. The molecule has 4 aliphatic rings. The van der Waals surface area contributed by atoms with Gasteiger partial charge in [-0.1, -0.05) is 58.1 Å². The normalized spacial score (nSPS) is 36.0. The molecule has 3 nitrogen and oxygen atoms in total. The minimum absolute atomic E-state index is 0.778. The van der Waals surface area contributed by atoms with Gasteiger partial charge >= 0.3 is 5.97 Å². The van der Waals surface area contributed by atoms with E-state index in [2.05, 4.69) is 26.8 Å². The number of hydrogen-bond donors (Lipinski definition) is 2. The van der Waals surface area contributed by atoms with Crippen LogP contribution < -0.4 is 0 Å². The van der Waals surface area contributed by atoms with Crippen LogP contribution in [-0.4, -0.2) is 22.8 Å². The van der Waals surface area contributed by atoms with Gasteiger partial charge in [-0.3, -0.25) is 0 Å². The van der Waals surface area contributed by atoms with Gasteiger partial charge in [-0.15, -0.1) is 0 Å². The molecule has 7 unspecified atom stereocenters. The lowest BCUT2D eigenvalue weighted by Gasteiger charge is -2.49. The summed E-state index contributed by atoms with van der Waals surface area (Å²) in [6, 6.07) is 0. The van der Waals surface area contributed by atoms with Crippen molar-refractivity contribution in [1.82, 2.24) is 0 Å². The molecule has 0 spiro atoms. The Kier molecular flexibility index (Phi) is 8.86. The molecule has 0 aromatic heterocycles. The van der Waals surface area contributed by atoms with E-state index in [1.165, 1.54) is 51.4 Å². The van der Waals surface area contributed by atoms with Crippen LogP contribution in [0.1, 0.15) is 97.8 Å². The number of fused-ring (bicyclic) bond motifs is 5. The number of aliphatic hydroxyl groups is 1. The summed E-state index contributed by atoms with van der Waals surface area (Å²) in [6.07, 6.45) is 20.8. The van der Waals surface area contributed by atoms with Crippen LogP contribution in [0.15, 0.2) is 11.6 Å². The summed E-state index contributed by atoms with van der Waals surface area (Å²) >= 11 is 0. The first kappa shape index (κ1) is 23.8. The maximum Gasteiger partial charge on any atom is 0.329 e. The summed E-state index contributed by atoms with van der Waals surface area (Å²) in [5, 5.41) is 15.0. The highest BCUT2D eigenvalue weighted by Gasteiger charge is 2.50. The monoisotopic (exact) mass is 418 g/mol. The van der Waals surface area contributed by atoms with E-state index in [1.807, 2.05) is 5.57 Å². The minimum atomic E-state index is -1.19. The molecule has 172 valence electrons. The predicted octanol–water partition coefficient (Wildman–Crippen LogP) is 6.70. The van der Waals surface area contributed by atoms with Crippen LogP contribution >= 0.6 is 0 Å². The molecule has 0 heterocycles. The third-order valence-electron chi connectivity index (χ3n) is 9.05. The van der Waals surface area contributed by atoms with Gasteiger partial charge in [-0.2, -0.15) is 0 Å². The highest BCUT2D eigenvalue weighted by Crippen LogP contribution is 2.59. The van der Waals surface area contributed by atoms with Crippen LogP contribution in [0.3, 0.4) is 0 Å². The first-order chi connectivity index (χ1) is 14.4. The fourth-order valence-electron chi connectivity index (χ4n) is 7.72. The molecule has 0 bridgehead atoms. The fraction of sp³-hybridized carbons (Fsp3) is 0.889. The maximum atomic E-state index is 9.12. The van der Waals surface area contributed by atoms with Crippen molar-refractivity contribution in [1.29, 1.82) is 0 Å². The van der Waals surface area contributed by atoms with Crippen molar-refractivity contribution in [2.24, 2.45) is 47.3 Å². The third-order valence-corrected chi connectivity index (χ3v) is 9.05.